The highest BCUT2D eigenvalue weighted by molar-refractivity contribution is 7.71. The van der Waals surface area contributed by atoms with Gasteiger partial charge in [0, 0.05) is 11.1 Å². The number of H-pyrrole nitrogens is 1. The van der Waals surface area contributed by atoms with Gasteiger partial charge in [0.1, 0.15) is 0 Å². The Morgan fingerprint density at radius 1 is 1.16 bits per heavy atom. The highest BCUT2D eigenvalue weighted by atomic mass is 32.1. The van der Waals surface area contributed by atoms with Crippen LogP contribution in [0.4, 0.5) is 0 Å². The number of fused-ring (bicyclic) bond motifs is 1. The van der Waals surface area contributed by atoms with Gasteiger partial charge in [0.05, 0.1) is 5.52 Å². The van der Waals surface area contributed by atoms with E-state index >= 15 is 0 Å². The van der Waals surface area contributed by atoms with Gasteiger partial charge in [-0.25, -0.2) is 0 Å². The van der Waals surface area contributed by atoms with Crippen molar-refractivity contribution in [2.75, 3.05) is 0 Å². The maximum Gasteiger partial charge on any atom is 0.266 e. The van der Waals surface area contributed by atoms with Crippen LogP contribution >= 0.6 is 12.2 Å². The molecule has 0 aliphatic carbocycles. The topological polar surface area (TPSA) is 46.0 Å². The molecule has 0 atom stereocenters. The Balaban J connectivity index is 2.08. The van der Waals surface area contributed by atoms with E-state index in [9.17, 15) is 4.79 Å². The Morgan fingerprint density at radius 3 is 2.74 bits per heavy atom. The molecule has 0 aliphatic heterocycles. The Labute approximate surface area is 114 Å². The average Bonchev–Trinajstić information content (AvgIpc) is 2.76. The van der Waals surface area contributed by atoms with Crippen LogP contribution in [0.25, 0.3) is 11.1 Å². The second kappa shape index (κ2) is 4.48. The monoisotopic (exact) mass is 269 g/mol. The fourth-order valence-corrected chi connectivity index (χ4v) is 2.24. The Kier molecular flexibility index (Phi) is 2.80. The van der Waals surface area contributed by atoms with Gasteiger partial charge in [-0.3, -0.25) is 4.79 Å². The second-order valence-corrected chi connectivity index (χ2v) is 4.79. The third-order valence-electron chi connectivity index (χ3n) is 2.96. The van der Waals surface area contributed by atoms with Crippen LogP contribution in [0.2, 0.25) is 0 Å². The van der Waals surface area contributed by atoms with Crippen molar-refractivity contribution in [1.82, 2.24) is 4.98 Å². The Hall–Kier alpha value is -2.20. The van der Waals surface area contributed by atoms with Gasteiger partial charge in [0.25, 0.3) is 4.84 Å². The van der Waals surface area contributed by atoms with Crippen LogP contribution in [-0.2, 0) is 0 Å². The molecule has 3 aromatic rings. The maximum absolute atomic E-state index is 12.4. The fraction of sp³-hybridized carbons (Fsp3) is 0.0667. The molecule has 2 aromatic carbocycles. The molecular weight excluding hydrogens is 258 g/mol. The van der Waals surface area contributed by atoms with Crippen molar-refractivity contribution in [3.05, 3.63) is 64.0 Å². The van der Waals surface area contributed by atoms with Gasteiger partial charge in [-0.05, 0) is 43.4 Å². The molecule has 94 valence electrons. The zero-order valence-electron chi connectivity index (χ0n) is 10.3. The summed E-state index contributed by atoms with van der Waals surface area (Å²) in [6.45, 7) is 1.96. The van der Waals surface area contributed by atoms with Crippen molar-refractivity contribution in [1.29, 1.82) is 0 Å². The van der Waals surface area contributed by atoms with Crippen molar-refractivity contribution in [3.63, 3.8) is 0 Å². The lowest BCUT2D eigenvalue weighted by Crippen LogP contribution is -2.01. The lowest BCUT2D eigenvalue weighted by Gasteiger charge is -2.02. The van der Waals surface area contributed by atoms with Crippen molar-refractivity contribution >= 4 is 29.1 Å². The van der Waals surface area contributed by atoms with Crippen LogP contribution in [0.3, 0.4) is 0 Å². The molecule has 0 saturated heterocycles. The molecule has 3 rings (SSSR count). The molecule has 0 spiro atoms. The first-order chi connectivity index (χ1) is 9.13. The Bertz CT molecular complexity index is 829. The maximum atomic E-state index is 12.4. The molecular formula is C15H11NO2S. The summed E-state index contributed by atoms with van der Waals surface area (Å²) in [7, 11) is 0. The quantitative estimate of drug-likeness (QED) is 0.564. The number of nitrogens with one attached hydrogen (secondary N) is 1. The van der Waals surface area contributed by atoms with Crippen molar-refractivity contribution < 1.29 is 9.21 Å². The summed E-state index contributed by atoms with van der Waals surface area (Å²) < 4.78 is 5.33. The SMILES string of the molecule is Cc1cccc(C(=O)c2ccc3[nH]c(=S)oc3c2)c1. The number of oxazole rings is 1. The summed E-state index contributed by atoms with van der Waals surface area (Å²) in [5, 5.41) is 0. The zero-order chi connectivity index (χ0) is 13.4. The minimum Gasteiger partial charge on any atom is -0.429 e. The highest BCUT2D eigenvalue weighted by Crippen LogP contribution is 2.18. The van der Waals surface area contributed by atoms with Crippen molar-refractivity contribution in [3.8, 4) is 0 Å². The normalized spacial score (nSPS) is 10.8. The van der Waals surface area contributed by atoms with Crippen LogP contribution in [0.5, 0.6) is 0 Å². The number of aryl methyl sites for hydroxylation is 1. The first kappa shape index (κ1) is 11.9. The zero-order valence-corrected chi connectivity index (χ0v) is 11.1. The average molecular weight is 269 g/mol. The molecule has 1 aromatic heterocycles. The standard InChI is InChI=1S/C15H11NO2S/c1-9-3-2-4-10(7-9)14(17)11-5-6-12-13(8-11)18-15(19)16-12/h2-8H,1H3,(H,16,19). The van der Waals surface area contributed by atoms with E-state index in [2.05, 4.69) is 4.98 Å². The molecule has 4 heteroatoms. The van der Waals surface area contributed by atoms with E-state index in [1.165, 1.54) is 0 Å². The molecule has 0 radical (unpaired) electrons. The van der Waals surface area contributed by atoms with Gasteiger partial charge < -0.3 is 9.40 Å². The highest BCUT2D eigenvalue weighted by Gasteiger charge is 2.11. The number of benzene rings is 2. The number of ketones is 1. The van der Waals surface area contributed by atoms with Gasteiger partial charge >= 0.3 is 0 Å². The van der Waals surface area contributed by atoms with Gasteiger partial charge in [0.2, 0.25) is 0 Å². The predicted octanol–water partition coefficient (Wildman–Crippen LogP) is 4.03. The summed E-state index contributed by atoms with van der Waals surface area (Å²) in [6.07, 6.45) is 0. The molecule has 0 aliphatic rings. The molecule has 0 bridgehead atoms. The number of carbonyl (C=O) groups excluding carboxylic acids is 1. The van der Waals surface area contributed by atoms with E-state index < -0.39 is 0 Å². The predicted molar refractivity (Wildman–Crippen MR) is 76.0 cm³/mol. The molecule has 3 nitrogen and oxygen atoms in total. The molecule has 0 amide bonds. The van der Waals surface area contributed by atoms with Crippen LogP contribution in [0.15, 0.2) is 46.9 Å². The smallest absolute Gasteiger partial charge is 0.266 e. The summed E-state index contributed by atoms with van der Waals surface area (Å²) in [5.41, 5.74) is 3.73. The van der Waals surface area contributed by atoms with Crippen LogP contribution in [0.1, 0.15) is 21.5 Å². The molecule has 0 saturated carbocycles. The summed E-state index contributed by atoms with van der Waals surface area (Å²) in [4.78, 5) is 15.6. The third kappa shape index (κ3) is 2.22. The van der Waals surface area contributed by atoms with E-state index in [-0.39, 0.29) is 5.78 Å². The van der Waals surface area contributed by atoms with Gasteiger partial charge in [-0.1, -0.05) is 23.8 Å². The van der Waals surface area contributed by atoms with Crippen LogP contribution in [-0.4, -0.2) is 10.8 Å². The van der Waals surface area contributed by atoms with E-state index in [0.29, 0.717) is 21.5 Å². The number of hydrogen-bond donors (Lipinski definition) is 1. The van der Waals surface area contributed by atoms with E-state index in [1.54, 1.807) is 18.2 Å². The Morgan fingerprint density at radius 2 is 1.95 bits per heavy atom. The minimum absolute atomic E-state index is 0.0204. The lowest BCUT2D eigenvalue weighted by atomic mass is 10.0. The minimum atomic E-state index is -0.0204. The van der Waals surface area contributed by atoms with Crippen LogP contribution < -0.4 is 0 Å². The molecule has 0 unspecified atom stereocenters. The summed E-state index contributed by atoms with van der Waals surface area (Å²) in [6, 6.07) is 12.8. The molecule has 19 heavy (non-hydrogen) atoms. The van der Waals surface area contributed by atoms with Crippen molar-refractivity contribution in [2.45, 2.75) is 6.92 Å². The van der Waals surface area contributed by atoms with Gasteiger partial charge in [-0.15, -0.1) is 0 Å². The molecule has 1 N–H and O–H groups in total. The first-order valence-electron chi connectivity index (χ1n) is 5.88. The first-order valence-corrected chi connectivity index (χ1v) is 6.28. The van der Waals surface area contributed by atoms with E-state index in [1.807, 2.05) is 31.2 Å². The number of aromatic amines is 1. The van der Waals surface area contributed by atoms with Gasteiger partial charge in [-0.2, -0.15) is 0 Å². The van der Waals surface area contributed by atoms with Gasteiger partial charge in [0.15, 0.2) is 11.4 Å². The number of rotatable bonds is 2. The molecule has 1 heterocycles. The third-order valence-corrected chi connectivity index (χ3v) is 3.15. The number of carbonyl (C=O) groups is 1. The van der Waals surface area contributed by atoms with E-state index in [4.69, 9.17) is 16.6 Å². The largest absolute Gasteiger partial charge is 0.429 e. The van der Waals surface area contributed by atoms with Crippen LogP contribution in [0, 0.1) is 11.8 Å². The number of hydrogen-bond acceptors (Lipinski definition) is 3. The molecule has 0 fully saturated rings. The summed E-state index contributed by atoms with van der Waals surface area (Å²) >= 11 is 4.93. The lowest BCUT2D eigenvalue weighted by molar-refractivity contribution is 0.103. The number of aromatic nitrogens is 1. The van der Waals surface area contributed by atoms with Crippen molar-refractivity contribution in [2.24, 2.45) is 0 Å². The summed E-state index contributed by atoms with van der Waals surface area (Å²) in [5.74, 6) is -0.0204. The fourth-order valence-electron chi connectivity index (χ4n) is 2.04. The van der Waals surface area contributed by atoms with E-state index in [0.717, 1.165) is 11.1 Å². The second-order valence-electron chi connectivity index (χ2n) is 4.42.